The van der Waals surface area contributed by atoms with Crippen LogP contribution in [0.2, 0.25) is 0 Å². The van der Waals surface area contributed by atoms with Crippen molar-refractivity contribution in [1.82, 2.24) is 4.90 Å². The van der Waals surface area contributed by atoms with Gasteiger partial charge in [0, 0.05) is 36.0 Å². The van der Waals surface area contributed by atoms with E-state index in [0.717, 1.165) is 23.4 Å². The molecule has 0 aromatic heterocycles. The van der Waals surface area contributed by atoms with Crippen molar-refractivity contribution >= 4 is 23.4 Å². The van der Waals surface area contributed by atoms with Crippen LogP contribution in [0.15, 0.2) is 53.4 Å². The largest absolute Gasteiger partial charge is 0.325 e. The number of hydrogen-bond donors (Lipinski definition) is 1. The lowest BCUT2D eigenvalue weighted by atomic mass is 10.2. The molecule has 2 aromatic carbocycles. The highest BCUT2D eigenvalue weighted by molar-refractivity contribution is 7.98. The van der Waals surface area contributed by atoms with Crippen molar-refractivity contribution in [1.29, 1.82) is 0 Å². The van der Waals surface area contributed by atoms with Gasteiger partial charge < -0.3 is 5.32 Å². The summed E-state index contributed by atoms with van der Waals surface area (Å²) in [6, 6.07) is 15.1. The molecule has 1 aliphatic rings. The second-order valence-corrected chi connectivity index (χ2v) is 7.14. The maximum Gasteiger partial charge on any atom is 0.225 e. The van der Waals surface area contributed by atoms with Crippen molar-refractivity contribution in [2.24, 2.45) is 0 Å². The average molecular weight is 358 g/mol. The first-order valence-corrected chi connectivity index (χ1v) is 9.80. The van der Waals surface area contributed by atoms with Crippen LogP contribution < -0.4 is 5.32 Å². The Labute approximate surface area is 152 Å². The molecule has 0 heterocycles. The van der Waals surface area contributed by atoms with Crippen molar-refractivity contribution in [2.75, 3.05) is 18.1 Å². The van der Waals surface area contributed by atoms with Gasteiger partial charge in [0.05, 0.1) is 5.69 Å². The van der Waals surface area contributed by atoms with Crippen LogP contribution in [0.25, 0.3) is 0 Å². The summed E-state index contributed by atoms with van der Waals surface area (Å²) in [7, 11) is 0. The van der Waals surface area contributed by atoms with Gasteiger partial charge in [0.15, 0.2) is 0 Å². The lowest BCUT2D eigenvalue weighted by Crippen LogP contribution is -2.30. The number of benzene rings is 2. The number of amides is 1. The molecule has 3 rings (SSSR count). The molecule has 3 nitrogen and oxygen atoms in total. The van der Waals surface area contributed by atoms with E-state index in [0.29, 0.717) is 31.1 Å². The van der Waals surface area contributed by atoms with Gasteiger partial charge in [-0.05, 0) is 37.3 Å². The van der Waals surface area contributed by atoms with E-state index in [1.807, 2.05) is 42.7 Å². The van der Waals surface area contributed by atoms with Gasteiger partial charge in [-0.1, -0.05) is 30.3 Å². The predicted molar refractivity (Wildman–Crippen MR) is 101 cm³/mol. The number of carbonyl (C=O) groups excluding carboxylic acids is 1. The van der Waals surface area contributed by atoms with Crippen LogP contribution >= 0.6 is 11.8 Å². The number of thioether (sulfide) groups is 1. The minimum Gasteiger partial charge on any atom is -0.325 e. The normalized spacial score (nSPS) is 13.9. The minimum absolute atomic E-state index is 0.000633. The Bertz CT molecular complexity index is 733. The summed E-state index contributed by atoms with van der Waals surface area (Å²) < 4.78 is 13.9. The van der Waals surface area contributed by atoms with E-state index in [1.165, 1.54) is 6.07 Å². The zero-order chi connectivity index (χ0) is 17.6. The monoisotopic (exact) mass is 358 g/mol. The molecular formula is C20H23FN2OS. The first kappa shape index (κ1) is 18.0. The molecule has 0 radical (unpaired) electrons. The number of carbonyl (C=O) groups is 1. The third-order valence-corrected chi connectivity index (χ3v) is 5.20. The fraction of sp³-hybridized carbons (Fsp3) is 0.350. The number of nitrogens with one attached hydrogen (secondary N) is 1. The lowest BCUT2D eigenvalue weighted by molar-refractivity contribution is -0.116. The van der Waals surface area contributed by atoms with E-state index in [1.54, 1.807) is 17.8 Å². The molecule has 0 aliphatic heterocycles. The Morgan fingerprint density at radius 3 is 2.64 bits per heavy atom. The van der Waals surface area contributed by atoms with Gasteiger partial charge >= 0.3 is 0 Å². The minimum atomic E-state index is -0.175. The Morgan fingerprint density at radius 2 is 1.92 bits per heavy atom. The summed E-state index contributed by atoms with van der Waals surface area (Å²) in [5.41, 5.74) is 1.55. The van der Waals surface area contributed by atoms with Crippen LogP contribution in [0.5, 0.6) is 0 Å². The van der Waals surface area contributed by atoms with Crippen molar-refractivity contribution in [3.8, 4) is 0 Å². The Hall–Kier alpha value is -1.85. The zero-order valence-corrected chi connectivity index (χ0v) is 15.2. The van der Waals surface area contributed by atoms with Crippen LogP contribution in [0, 0.1) is 5.82 Å². The number of nitrogens with zero attached hydrogens (tertiary/aromatic N) is 1. The second-order valence-electron chi connectivity index (χ2n) is 6.29. The molecule has 132 valence electrons. The zero-order valence-electron chi connectivity index (χ0n) is 14.4. The van der Waals surface area contributed by atoms with E-state index in [2.05, 4.69) is 10.2 Å². The molecule has 0 bridgehead atoms. The molecule has 0 spiro atoms. The third kappa shape index (κ3) is 5.06. The molecule has 1 amide bonds. The van der Waals surface area contributed by atoms with Crippen LogP contribution in [0.1, 0.15) is 24.8 Å². The fourth-order valence-corrected chi connectivity index (χ4v) is 3.44. The van der Waals surface area contributed by atoms with E-state index in [4.69, 9.17) is 0 Å². The average Bonchev–Trinajstić information content (AvgIpc) is 3.45. The van der Waals surface area contributed by atoms with Gasteiger partial charge in [-0.25, -0.2) is 4.39 Å². The topological polar surface area (TPSA) is 32.3 Å². The maximum atomic E-state index is 13.9. The van der Waals surface area contributed by atoms with Crippen LogP contribution in [-0.2, 0) is 11.3 Å². The van der Waals surface area contributed by atoms with E-state index in [-0.39, 0.29) is 11.7 Å². The van der Waals surface area contributed by atoms with Gasteiger partial charge in [0.25, 0.3) is 0 Å². The molecule has 0 atom stereocenters. The number of hydrogen-bond acceptors (Lipinski definition) is 3. The smallest absolute Gasteiger partial charge is 0.225 e. The van der Waals surface area contributed by atoms with E-state index < -0.39 is 0 Å². The number of anilines is 1. The molecule has 0 unspecified atom stereocenters. The highest BCUT2D eigenvalue weighted by Crippen LogP contribution is 2.29. The van der Waals surface area contributed by atoms with Gasteiger partial charge in [0.2, 0.25) is 5.91 Å². The van der Waals surface area contributed by atoms with Gasteiger partial charge in [-0.2, -0.15) is 0 Å². The number of halogens is 1. The Balaban J connectivity index is 1.56. The van der Waals surface area contributed by atoms with Crippen LogP contribution in [0.4, 0.5) is 10.1 Å². The molecule has 1 aliphatic carbocycles. The Kier molecular flexibility index (Phi) is 6.10. The van der Waals surface area contributed by atoms with Crippen LogP contribution in [0.3, 0.4) is 0 Å². The fourth-order valence-electron chi connectivity index (χ4n) is 2.88. The SMILES string of the molecule is CSc1ccccc1NC(=O)CCN(Cc1ccccc1F)C1CC1. The highest BCUT2D eigenvalue weighted by atomic mass is 32.2. The summed E-state index contributed by atoms with van der Waals surface area (Å²) in [6.45, 7) is 1.21. The standard InChI is InChI=1S/C20H23FN2OS/c1-25-19-9-5-4-8-18(19)22-20(24)12-13-23(16-10-11-16)14-15-6-2-3-7-17(15)21/h2-9,16H,10-14H2,1H3,(H,22,24). The molecule has 25 heavy (non-hydrogen) atoms. The van der Waals surface area contributed by atoms with E-state index in [9.17, 15) is 9.18 Å². The molecule has 0 saturated heterocycles. The summed E-state index contributed by atoms with van der Waals surface area (Å²) in [5.74, 6) is -0.174. The summed E-state index contributed by atoms with van der Waals surface area (Å²) in [4.78, 5) is 15.6. The van der Waals surface area contributed by atoms with E-state index >= 15 is 0 Å². The first-order valence-electron chi connectivity index (χ1n) is 8.57. The highest BCUT2D eigenvalue weighted by Gasteiger charge is 2.29. The van der Waals surface area contributed by atoms with Crippen molar-refractivity contribution < 1.29 is 9.18 Å². The lowest BCUT2D eigenvalue weighted by Gasteiger charge is -2.22. The summed E-state index contributed by atoms with van der Waals surface area (Å²) in [5, 5.41) is 2.99. The number of rotatable bonds is 8. The van der Waals surface area contributed by atoms with Crippen molar-refractivity contribution in [3.63, 3.8) is 0 Å². The molecule has 1 fully saturated rings. The quantitative estimate of drug-likeness (QED) is 0.703. The second kappa shape index (κ2) is 8.50. The number of para-hydroxylation sites is 1. The molecule has 5 heteroatoms. The third-order valence-electron chi connectivity index (χ3n) is 4.40. The van der Waals surface area contributed by atoms with Gasteiger partial charge in [0.1, 0.15) is 5.82 Å². The molecule has 1 N–H and O–H groups in total. The summed E-state index contributed by atoms with van der Waals surface area (Å²) in [6.07, 6.45) is 4.67. The van der Waals surface area contributed by atoms with Crippen LogP contribution in [-0.4, -0.2) is 29.6 Å². The first-order chi connectivity index (χ1) is 12.2. The summed E-state index contributed by atoms with van der Waals surface area (Å²) >= 11 is 1.61. The van der Waals surface area contributed by atoms with Gasteiger partial charge in [-0.15, -0.1) is 11.8 Å². The maximum absolute atomic E-state index is 13.9. The van der Waals surface area contributed by atoms with Gasteiger partial charge in [-0.3, -0.25) is 9.69 Å². The van der Waals surface area contributed by atoms with Crippen molar-refractivity contribution in [3.05, 3.63) is 59.9 Å². The molecule has 1 saturated carbocycles. The van der Waals surface area contributed by atoms with Crippen molar-refractivity contribution in [2.45, 2.75) is 36.7 Å². The molecule has 2 aromatic rings. The predicted octanol–water partition coefficient (Wildman–Crippen LogP) is 4.54. The molecular weight excluding hydrogens is 335 g/mol. The Morgan fingerprint density at radius 1 is 1.20 bits per heavy atom.